The lowest BCUT2D eigenvalue weighted by Crippen LogP contribution is -2.42. The first-order valence-electron chi connectivity index (χ1n) is 6.77. The first kappa shape index (κ1) is 14.9. The van der Waals surface area contributed by atoms with Crippen LogP contribution in [0.2, 0.25) is 0 Å². The zero-order valence-electron chi connectivity index (χ0n) is 11.5. The minimum Gasteiger partial charge on any atom is -0.480 e. The molecular formula is C15H19NO3S. The monoisotopic (exact) mass is 293 g/mol. The number of rotatable bonds is 7. The Labute approximate surface area is 123 Å². The second kappa shape index (κ2) is 6.79. The minimum absolute atomic E-state index is 0.216. The maximum absolute atomic E-state index is 11.8. The first-order valence-corrected chi connectivity index (χ1v) is 7.75. The smallest absolute Gasteiger partial charge is 0.326 e. The zero-order chi connectivity index (χ0) is 14.5. The summed E-state index contributed by atoms with van der Waals surface area (Å²) >= 11 is 1.44. The van der Waals surface area contributed by atoms with Crippen LogP contribution in [0.3, 0.4) is 0 Å². The Morgan fingerprint density at radius 2 is 2.10 bits per heavy atom. The molecule has 5 heteroatoms. The number of hydrogen-bond acceptors (Lipinski definition) is 3. The molecule has 0 saturated heterocycles. The molecule has 1 amide bonds. The Bertz CT molecular complexity index is 500. The van der Waals surface area contributed by atoms with Crippen LogP contribution in [0.25, 0.3) is 0 Å². The lowest BCUT2D eigenvalue weighted by Gasteiger charge is -2.14. The molecule has 2 N–H and O–H groups in total. The molecule has 0 spiro atoms. The largest absolute Gasteiger partial charge is 0.480 e. The summed E-state index contributed by atoms with van der Waals surface area (Å²) < 4.78 is 0. The third kappa shape index (κ3) is 4.56. The number of benzene rings is 1. The molecule has 0 aromatic heterocycles. The molecule has 0 heterocycles. The van der Waals surface area contributed by atoms with E-state index in [0.29, 0.717) is 12.3 Å². The molecule has 4 nitrogen and oxygen atoms in total. The average Bonchev–Trinajstić information content (AvgIpc) is 3.21. The summed E-state index contributed by atoms with van der Waals surface area (Å²) in [4.78, 5) is 24.0. The average molecular weight is 293 g/mol. The number of carboxylic acids is 1. The fourth-order valence-electron chi connectivity index (χ4n) is 2.01. The molecule has 1 aliphatic rings. The van der Waals surface area contributed by atoms with Crippen molar-refractivity contribution in [2.24, 2.45) is 5.92 Å². The molecule has 0 bridgehead atoms. The summed E-state index contributed by atoms with van der Waals surface area (Å²) in [5.41, 5.74) is 1.12. The number of carbonyl (C=O) groups excluding carboxylic acids is 1. The van der Waals surface area contributed by atoms with Crippen molar-refractivity contribution in [1.82, 2.24) is 5.32 Å². The van der Waals surface area contributed by atoms with Gasteiger partial charge in [0.25, 0.3) is 0 Å². The maximum atomic E-state index is 11.8. The summed E-state index contributed by atoms with van der Waals surface area (Å²) in [5, 5.41) is 11.7. The van der Waals surface area contributed by atoms with Crippen molar-refractivity contribution in [3.05, 3.63) is 29.8 Å². The molecule has 0 radical (unpaired) electrons. The van der Waals surface area contributed by atoms with Gasteiger partial charge < -0.3 is 10.4 Å². The van der Waals surface area contributed by atoms with Gasteiger partial charge in [0, 0.05) is 4.90 Å². The van der Waals surface area contributed by atoms with E-state index in [1.54, 1.807) is 0 Å². The van der Waals surface area contributed by atoms with Gasteiger partial charge in [0.15, 0.2) is 0 Å². The van der Waals surface area contributed by atoms with Crippen LogP contribution < -0.4 is 5.32 Å². The van der Waals surface area contributed by atoms with Crippen LogP contribution in [-0.2, 0) is 9.59 Å². The van der Waals surface area contributed by atoms with E-state index in [9.17, 15) is 9.59 Å². The second-order valence-electron chi connectivity index (χ2n) is 5.19. The zero-order valence-corrected chi connectivity index (χ0v) is 12.3. The fourth-order valence-corrected chi connectivity index (χ4v) is 2.85. The fraction of sp³-hybridized carbons (Fsp3) is 0.467. The Morgan fingerprint density at radius 1 is 1.40 bits per heavy atom. The van der Waals surface area contributed by atoms with Crippen molar-refractivity contribution in [3.8, 4) is 0 Å². The molecule has 1 fully saturated rings. The summed E-state index contributed by atoms with van der Waals surface area (Å²) in [7, 11) is 0. The molecule has 1 atom stereocenters. The van der Waals surface area contributed by atoms with Crippen LogP contribution in [0, 0.1) is 12.8 Å². The third-order valence-corrected chi connectivity index (χ3v) is 4.53. The van der Waals surface area contributed by atoms with E-state index in [4.69, 9.17) is 5.11 Å². The van der Waals surface area contributed by atoms with E-state index < -0.39 is 12.0 Å². The molecule has 1 saturated carbocycles. The van der Waals surface area contributed by atoms with E-state index in [1.165, 1.54) is 11.8 Å². The van der Waals surface area contributed by atoms with Crippen molar-refractivity contribution in [3.63, 3.8) is 0 Å². The highest BCUT2D eigenvalue weighted by Gasteiger charge is 2.30. The van der Waals surface area contributed by atoms with Crippen molar-refractivity contribution in [1.29, 1.82) is 0 Å². The number of nitrogens with one attached hydrogen (secondary N) is 1. The topological polar surface area (TPSA) is 66.4 Å². The lowest BCUT2D eigenvalue weighted by atomic mass is 10.1. The quantitative estimate of drug-likeness (QED) is 0.758. The Morgan fingerprint density at radius 3 is 2.70 bits per heavy atom. The summed E-state index contributed by atoms with van der Waals surface area (Å²) in [6.45, 7) is 1.99. The van der Waals surface area contributed by atoms with Crippen LogP contribution in [0.4, 0.5) is 0 Å². The standard InChI is InChI=1S/C15H19NO3S/c1-10-4-2-3-5-13(10)20-9-14(17)16-12(15(18)19)8-11-6-7-11/h2-5,11-12H,6-9H2,1H3,(H,16,17)(H,18,19). The molecule has 108 valence electrons. The Kier molecular flexibility index (Phi) is 5.06. The van der Waals surface area contributed by atoms with Gasteiger partial charge in [-0.2, -0.15) is 0 Å². The van der Waals surface area contributed by atoms with Gasteiger partial charge in [0.1, 0.15) is 6.04 Å². The van der Waals surface area contributed by atoms with Gasteiger partial charge in [-0.3, -0.25) is 4.79 Å². The highest BCUT2D eigenvalue weighted by molar-refractivity contribution is 8.00. The molecule has 1 aromatic carbocycles. The van der Waals surface area contributed by atoms with Gasteiger partial charge in [0.05, 0.1) is 5.75 Å². The number of carboxylic acid groups (broad SMARTS) is 1. The van der Waals surface area contributed by atoms with E-state index in [0.717, 1.165) is 23.3 Å². The SMILES string of the molecule is Cc1ccccc1SCC(=O)NC(CC1CC1)C(=O)O. The third-order valence-electron chi connectivity index (χ3n) is 3.35. The van der Waals surface area contributed by atoms with Crippen LogP contribution in [0.5, 0.6) is 0 Å². The number of amides is 1. The van der Waals surface area contributed by atoms with Gasteiger partial charge >= 0.3 is 5.97 Å². The van der Waals surface area contributed by atoms with Crippen molar-refractivity contribution in [2.75, 3.05) is 5.75 Å². The number of aryl methyl sites for hydroxylation is 1. The van der Waals surface area contributed by atoms with E-state index in [2.05, 4.69) is 5.32 Å². The van der Waals surface area contributed by atoms with E-state index in [-0.39, 0.29) is 11.7 Å². The molecule has 2 rings (SSSR count). The number of carbonyl (C=O) groups is 2. The predicted molar refractivity (Wildman–Crippen MR) is 78.8 cm³/mol. The van der Waals surface area contributed by atoms with Gasteiger partial charge in [-0.1, -0.05) is 31.0 Å². The molecule has 20 heavy (non-hydrogen) atoms. The van der Waals surface area contributed by atoms with E-state index in [1.807, 2.05) is 31.2 Å². The van der Waals surface area contributed by atoms with Crippen LogP contribution >= 0.6 is 11.8 Å². The highest BCUT2D eigenvalue weighted by atomic mass is 32.2. The summed E-state index contributed by atoms with van der Waals surface area (Å²) in [5.74, 6) is -0.433. The normalized spacial score (nSPS) is 15.7. The highest BCUT2D eigenvalue weighted by Crippen LogP contribution is 2.33. The molecule has 0 aliphatic heterocycles. The first-order chi connectivity index (χ1) is 9.56. The molecule has 1 aliphatic carbocycles. The van der Waals surface area contributed by atoms with Crippen molar-refractivity contribution < 1.29 is 14.7 Å². The Hall–Kier alpha value is -1.49. The van der Waals surface area contributed by atoms with Gasteiger partial charge in [-0.05, 0) is 30.9 Å². The molecule has 1 unspecified atom stereocenters. The summed E-state index contributed by atoms with van der Waals surface area (Å²) in [6, 6.07) is 7.10. The summed E-state index contributed by atoms with van der Waals surface area (Å²) in [6.07, 6.45) is 2.71. The molecule has 1 aromatic rings. The number of aliphatic carboxylic acids is 1. The van der Waals surface area contributed by atoms with Gasteiger partial charge in [-0.15, -0.1) is 11.8 Å². The van der Waals surface area contributed by atoms with Crippen LogP contribution in [0.1, 0.15) is 24.8 Å². The molecular weight excluding hydrogens is 274 g/mol. The van der Waals surface area contributed by atoms with Gasteiger partial charge in [0.2, 0.25) is 5.91 Å². The van der Waals surface area contributed by atoms with E-state index >= 15 is 0 Å². The predicted octanol–water partition coefficient (Wildman–Crippen LogP) is 2.46. The lowest BCUT2D eigenvalue weighted by molar-refractivity contribution is -0.141. The van der Waals surface area contributed by atoms with Crippen molar-refractivity contribution >= 4 is 23.6 Å². The number of thioether (sulfide) groups is 1. The second-order valence-corrected chi connectivity index (χ2v) is 6.21. The number of hydrogen-bond donors (Lipinski definition) is 2. The Balaban J connectivity index is 1.81. The van der Waals surface area contributed by atoms with Crippen molar-refractivity contribution in [2.45, 2.75) is 37.1 Å². The van der Waals surface area contributed by atoms with Crippen LogP contribution in [0.15, 0.2) is 29.2 Å². The van der Waals surface area contributed by atoms with Crippen LogP contribution in [-0.4, -0.2) is 28.8 Å². The minimum atomic E-state index is -0.939. The maximum Gasteiger partial charge on any atom is 0.326 e. The van der Waals surface area contributed by atoms with Gasteiger partial charge in [-0.25, -0.2) is 4.79 Å².